The maximum atomic E-state index is 10.5. The minimum absolute atomic E-state index is 0.190. The molecule has 2 rings (SSSR count). The molecule has 1 fully saturated rings. The van der Waals surface area contributed by atoms with Gasteiger partial charge in [-0.1, -0.05) is 37.8 Å². The molecule has 0 saturated heterocycles. The lowest BCUT2D eigenvalue weighted by atomic mass is 10.0. The molecule has 4 heteroatoms. The first kappa shape index (κ1) is 12.2. The quantitative estimate of drug-likeness (QED) is 0.806. The van der Waals surface area contributed by atoms with Gasteiger partial charge in [0.15, 0.2) is 0 Å². The number of rotatable bonds is 2. The standard InChI is InChI=1S/C8H6O4.C4H8/c9-7(10)5-3-1-2-4-6(5)8(11)12;1-2-4-3-1/h1-4H,(H,9,10)(H,11,12);1-4H2. The van der Waals surface area contributed by atoms with Gasteiger partial charge in [-0.25, -0.2) is 9.59 Å². The van der Waals surface area contributed by atoms with Crippen LogP contribution in [0, 0.1) is 0 Å². The third kappa shape index (κ3) is 3.38. The van der Waals surface area contributed by atoms with Crippen molar-refractivity contribution in [1.82, 2.24) is 0 Å². The summed E-state index contributed by atoms with van der Waals surface area (Å²) in [5, 5.41) is 17.1. The summed E-state index contributed by atoms with van der Waals surface area (Å²) in [6, 6.07) is 5.48. The van der Waals surface area contributed by atoms with E-state index in [2.05, 4.69) is 0 Å². The van der Waals surface area contributed by atoms with Gasteiger partial charge >= 0.3 is 11.9 Å². The highest BCUT2D eigenvalue weighted by molar-refractivity contribution is 6.01. The molecule has 0 bridgehead atoms. The van der Waals surface area contributed by atoms with Crippen LogP contribution in [-0.4, -0.2) is 22.2 Å². The average molecular weight is 222 g/mol. The van der Waals surface area contributed by atoms with Crippen molar-refractivity contribution in [1.29, 1.82) is 0 Å². The third-order valence-corrected chi connectivity index (χ3v) is 2.39. The fourth-order valence-electron chi connectivity index (χ4n) is 1.11. The van der Waals surface area contributed by atoms with Crippen LogP contribution in [0.5, 0.6) is 0 Å². The number of benzene rings is 1. The van der Waals surface area contributed by atoms with Gasteiger partial charge in [0.1, 0.15) is 0 Å². The summed E-state index contributed by atoms with van der Waals surface area (Å²) in [6.45, 7) is 0. The second-order valence-electron chi connectivity index (χ2n) is 3.57. The minimum Gasteiger partial charge on any atom is -0.478 e. The molecule has 0 aliphatic heterocycles. The van der Waals surface area contributed by atoms with Crippen LogP contribution in [0.1, 0.15) is 46.4 Å². The molecule has 4 nitrogen and oxygen atoms in total. The Bertz CT molecular complexity index is 343. The van der Waals surface area contributed by atoms with Gasteiger partial charge in [0.2, 0.25) is 0 Å². The zero-order valence-electron chi connectivity index (χ0n) is 8.85. The van der Waals surface area contributed by atoms with Gasteiger partial charge in [0, 0.05) is 0 Å². The predicted octanol–water partition coefficient (Wildman–Crippen LogP) is 2.64. The largest absolute Gasteiger partial charge is 0.478 e. The second kappa shape index (κ2) is 5.90. The molecule has 0 spiro atoms. The van der Waals surface area contributed by atoms with E-state index in [1.54, 1.807) is 0 Å². The number of carboxylic acids is 2. The zero-order chi connectivity index (χ0) is 12.0. The first-order valence-corrected chi connectivity index (χ1v) is 5.18. The summed E-state index contributed by atoms with van der Waals surface area (Å²) in [6.07, 6.45) is 6.00. The van der Waals surface area contributed by atoms with Gasteiger partial charge < -0.3 is 10.2 Å². The van der Waals surface area contributed by atoms with Gasteiger partial charge in [0.25, 0.3) is 0 Å². The molecule has 0 unspecified atom stereocenters. The van der Waals surface area contributed by atoms with Crippen molar-refractivity contribution in [2.24, 2.45) is 0 Å². The Morgan fingerprint density at radius 1 is 0.812 bits per heavy atom. The van der Waals surface area contributed by atoms with Gasteiger partial charge in [-0.05, 0) is 12.1 Å². The molecule has 1 aliphatic carbocycles. The third-order valence-electron chi connectivity index (χ3n) is 2.39. The molecule has 1 aliphatic rings. The predicted molar refractivity (Wildman–Crippen MR) is 58.8 cm³/mol. The van der Waals surface area contributed by atoms with Crippen molar-refractivity contribution in [2.45, 2.75) is 25.7 Å². The Kier molecular flexibility index (Phi) is 4.51. The molecular formula is C12H14O4. The van der Waals surface area contributed by atoms with E-state index in [1.807, 2.05) is 0 Å². The van der Waals surface area contributed by atoms with Crippen molar-refractivity contribution < 1.29 is 19.8 Å². The Morgan fingerprint density at radius 2 is 1.12 bits per heavy atom. The first-order valence-electron chi connectivity index (χ1n) is 5.18. The molecule has 1 saturated carbocycles. The van der Waals surface area contributed by atoms with E-state index in [0.717, 1.165) is 0 Å². The molecule has 0 amide bonds. The second-order valence-corrected chi connectivity index (χ2v) is 3.57. The number of carboxylic acid groups (broad SMARTS) is 2. The Labute approximate surface area is 93.5 Å². The van der Waals surface area contributed by atoms with Crippen LogP contribution in [0.2, 0.25) is 0 Å². The summed E-state index contributed by atoms with van der Waals surface area (Å²) in [5.74, 6) is -2.46. The van der Waals surface area contributed by atoms with Crippen LogP contribution < -0.4 is 0 Å². The van der Waals surface area contributed by atoms with Crippen molar-refractivity contribution in [3.8, 4) is 0 Å². The van der Waals surface area contributed by atoms with Crippen molar-refractivity contribution in [3.63, 3.8) is 0 Å². The molecule has 16 heavy (non-hydrogen) atoms. The van der Waals surface area contributed by atoms with Gasteiger partial charge in [0.05, 0.1) is 11.1 Å². The van der Waals surface area contributed by atoms with Crippen LogP contribution in [0.25, 0.3) is 0 Å². The molecule has 0 aromatic heterocycles. The number of aromatic carboxylic acids is 2. The van der Waals surface area contributed by atoms with E-state index in [9.17, 15) is 9.59 Å². The highest BCUT2D eigenvalue weighted by Gasteiger charge is 2.13. The maximum absolute atomic E-state index is 10.5. The topological polar surface area (TPSA) is 74.6 Å². The van der Waals surface area contributed by atoms with E-state index < -0.39 is 11.9 Å². The minimum atomic E-state index is -1.23. The van der Waals surface area contributed by atoms with Gasteiger partial charge in [-0.2, -0.15) is 0 Å². The zero-order valence-corrected chi connectivity index (χ0v) is 8.85. The Balaban J connectivity index is 0.000000267. The Morgan fingerprint density at radius 3 is 1.31 bits per heavy atom. The van der Waals surface area contributed by atoms with E-state index in [0.29, 0.717) is 0 Å². The van der Waals surface area contributed by atoms with E-state index in [-0.39, 0.29) is 11.1 Å². The van der Waals surface area contributed by atoms with Crippen LogP contribution in [0.4, 0.5) is 0 Å². The van der Waals surface area contributed by atoms with Crippen LogP contribution in [0.15, 0.2) is 24.3 Å². The van der Waals surface area contributed by atoms with Crippen LogP contribution >= 0.6 is 0 Å². The van der Waals surface area contributed by atoms with Gasteiger partial charge in [-0.3, -0.25) is 0 Å². The molecule has 86 valence electrons. The van der Waals surface area contributed by atoms with Crippen molar-refractivity contribution >= 4 is 11.9 Å². The number of carbonyl (C=O) groups is 2. The lowest BCUT2D eigenvalue weighted by Crippen LogP contribution is -2.06. The number of hydrogen-bond donors (Lipinski definition) is 2. The van der Waals surface area contributed by atoms with Crippen molar-refractivity contribution in [3.05, 3.63) is 35.4 Å². The molecule has 1 aromatic carbocycles. The fourth-order valence-corrected chi connectivity index (χ4v) is 1.11. The molecule has 0 atom stereocenters. The smallest absolute Gasteiger partial charge is 0.336 e. The molecule has 1 aromatic rings. The van der Waals surface area contributed by atoms with Crippen LogP contribution in [-0.2, 0) is 0 Å². The fraction of sp³-hybridized carbons (Fsp3) is 0.333. The SMILES string of the molecule is C1CCC1.O=C(O)c1ccccc1C(=O)O. The maximum Gasteiger partial charge on any atom is 0.336 e. The summed E-state index contributed by atoms with van der Waals surface area (Å²) in [4.78, 5) is 20.9. The monoisotopic (exact) mass is 222 g/mol. The normalized spacial score (nSPS) is 13.0. The van der Waals surface area contributed by atoms with E-state index in [4.69, 9.17) is 10.2 Å². The summed E-state index contributed by atoms with van der Waals surface area (Å²) in [7, 11) is 0. The van der Waals surface area contributed by atoms with Gasteiger partial charge in [-0.15, -0.1) is 0 Å². The molecule has 0 heterocycles. The molecule has 2 N–H and O–H groups in total. The molecule has 0 radical (unpaired) electrons. The van der Waals surface area contributed by atoms with E-state index >= 15 is 0 Å². The lowest BCUT2D eigenvalue weighted by molar-refractivity contribution is 0.0651. The summed E-state index contributed by atoms with van der Waals surface area (Å²) < 4.78 is 0. The summed E-state index contributed by atoms with van der Waals surface area (Å²) >= 11 is 0. The van der Waals surface area contributed by atoms with Crippen LogP contribution in [0.3, 0.4) is 0 Å². The highest BCUT2D eigenvalue weighted by Crippen LogP contribution is 2.15. The van der Waals surface area contributed by atoms with Crippen molar-refractivity contribution in [2.75, 3.05) is 0 Å². The van der Waals surface area contributed by atoms with E-state index in [1.165, 1.54) is 49.9 Å². The first-order chi connectivity index (χ1) is 7.63. The number of hydrogen-bond acceptors (Lipinski definition) is 2. The highest BCUT2D eigenvalue weighted by atomic mass is 16.4. The molecular weight excluding hydrogens is 208 g/mol. The summed E-state index contributed by atoms with van der Waals surface area (Å²) in [5.41, 5.74) is -0.380. The average Bonchev–Trinajstić information content (AvgIpc) is 2.15. The lowest BCUT2D eigenvalue weighted by Gasteiger charge is -2.05. The Hall–Kier alpha value is -1.84.